The Morgan fingerprint density at radius 2 is 2.06 bits per heavy atom. The maximum atomic E-state index is 12.4. The zero-order chi connectivity index (χ0) is 24.1. The molecular weight excluding hydrogens is 460 g/mol. The second-order valence-corrected chi connectivity index (χ2v) is 9.27. The molecule has 2 aliphatic rings. The third kappa shape index (κ3) is 6.08. The minimum atomic E-state index is -0.620. The fourth-order valence-corrected chi connectivity index (χ4v) is 4.13. The maximum absolute atomic E-state index is 12.4. The molecule has 2 fully saturated rings. The van der Waals surface area contributed by atoms with E-state index in [0.717, 1.165) is 37.5 Å². The largest absolute Gasteiger partial charge is 0.489 e. The van der Waals surface area contributed by atoms with E-state index in [0.29, 0.717) is 29.8 Å². The Balaban J connectivity index is 1.30. The van der Waals surface area contributed by atoms with E-state index in [-0.39, 0.29) is 30.4 Å². The molecule has 0 radical (unpaired) electrons. The smallest absolute Gasteiger partial charge is 0.238 e. The topological polar surface area (TPSA) is 106 Å². The van der Waals surface area contributed by atoms with Gasteiger partial charge in [-0.2, -0.15) is 0 Å². The van der Waals surface area contributed by atoms with Gasteiger partial charge in [0.2, 0.25) is 11.8 Å². The normalized spacial score (nSPS) is 19.9. The average molecular weight is 491 g/mol. The first-order valence-electron chi connectivity index (χ1n) is 11.6. The van der Waals surface area contributed by atoms with E-state index in [1.165, 1.54) is 6.33 Å². The Bertz CT molecular complexity index is 970. The molecule has 3 heterocycles. The molecule has 2 aromatic rings. The molecule has 184 valence electrons. The summed E-state index contributed by atoms with van der Waals surface area (Å²) in [6, 6.07) is 7.68. The zero-order valence-electron chi connectivity index (χ0n) is 19.4. The summed E-state index contributed by atoms with van der Waals surface area (Å²) in [5, 5.41) is 12.8. The summed E-state index contributed by atoms with van der Waals surface area (Å²) < 4.78 is 16.8. The van der Waals surface area contributed by atoms with Crippen LogP contribution in [0.4, 0.5) is 5.82 Å². The fraction of sp³-hybridized carbons (Fsp3) is 0.542. The van der Waals surface area contributed by atoms with E-state index in [9.17, 15) is 9.90 Å². The quantitative estimate of drug-likeness (QED) is 0.523. The molecule has 4 rings (SSSR count). The Kier molecular flexibility index (Phi) is 8.07. The molecule has 3 unspecified atom stereocenters. The lowest BCUT2D eigenvalue weighted by Gasteiger charge is -2.26. The summed E-state index contributed by atoms with van der Waals surface area (Å²) in [4.78, 5) is 22.8. The van der Waals surface area contributed by atoms with Gasteiger partial charge in [0.1, 0.15) is 29.8 Å². The van der Waals surface area contributed by atoms with Crippen molar-refractivity contribution in [1.82, 2.24) is 15.3 Å². The number of hydrogen-bond acceptors (Lipinski definition) is 8. The van der Waals surface area contributed by atoms with Gasteiger partial charge in [-0.15, -0.1) is 0 Å². The molecule has 1 amide bonds. The van der Waals surface area contributed by atoms with Crippen LogP contribution in [0.2, 0.25) is 5.02 Å². The molecule has 34 heavy (non-hydrogen) atoms. The fourth-order valence-electron chi connectivity index (χ4n) is 3.86. The van der Waals surface area contributed by atoms with Gasteiger partial charge in [-0.25, -0.2) is 9.97 Å². The lowest BCUT2D eigenvalue weighted by molar-refractivity contribution is -0.123. The molecule has 3 atom stereocenters. The van der Waals surface area contributed by atoms with Gasteiger partial charge in [-0.3, -0.25) is 4.79 Å². The lowest BCUT2D eigenvalue weighted by atomic mass is 9.99. The molecule has 0 saturated carbocycles. The highest BCUT2D eigenvalue weighted by atomic mass is 35.5. The highest BCUT2D eigenvalue weighted by Crippen LogP contribution is 2.33. The van der Waals surface area contributed by atoms with Crippen molar-refractivity contribution in [3.05, 3.63) is 41.2 Å². The molecular formula is C24H31ClN4O5. The summed E-state index contributed by atoms with van der Waals surface area (Å²) in [6.45, 7) is 7.10. The molecule has 1 aromatic carbocycles. The summed E-state index contributed by atoms with van der Waals surface area (Å²) in [7, 11) is 0. The number of halogens is 1. The molecule has 9 nitrogen and oxygen atoms in total. The summed E-state index contributed by atoms with van der Waals surface area (Å²) in [6.07, 6.45) is 1.58. The number of nitrogens with zero attached hydrogens (tertiary/aromatic N) is 3. The second-order valence-electron chi connectivity index (χ2n) is 8.89. The van der Waals surface area contributed by atoms with Crippen molar-refractivity contribution >= 4 is 23.3 Å². The van der Waals surface area contributed by atoms with Crippen LogP contribution < -0.4 is 19.7 Å². The number of ether oxygens (including phenoxy) is 3. The number of carbonyl (C=O) groups excluding carboxylic acids is 1. The number of aromatic nitrogens is 2. The van der Waals surface area contributed by atoms with Crippen molar-refractivity contribution in [2.45, 2.75) is 38.4 Å². The number of aliphatic hydroxyl groups excluding tert-OH is 1. The van der Waals surface area contributed by atoms with Gasteiger partial charge in [0.05, 0.1) is 31.8 Å². The van der Waals surface area contributed by atoms with Crippen LogP contribution in [0.15, 0.2) is 30.6 Å². The van der Waals surface area contributed by atoms with E-state index in [1.807, 2.05) is 36.1 Å². The van der Waals surface area contributed by atoms with E-state index < -0.39 is 6.10 Å². The number of anilines is 1. The van der Waals surface area contributed by atoms with Crippen molar-refractivity contribution in [3.63, 3.8) is 0 Å². The van der Waals surface area contributed by atoms with Crippen molar-refractivity contribution in [1.29, 1.82) is 0 Å². The predicted octanol–water partition coefficient (Wildman–Crippen LogP) is 2.41. The number of aliphatic hydroxyl groups is 1. The Labute approximate surface area is 204 Å². The number of carbonyl (C=O) groups is 1. The second kappa shape index (κ2) is 11.2. The molecule has 2 saturated heterocycles. The predicted molar refractivity (Wildman–Crippen MR) is 128 cm³/mol. The molecule has 1 aromatic heterocycles. The van der Waals surface area contributed by atoms with Crippen molar-refractivity contribution < 1.29 is 24.1 Å². The van der Waals surface area contributed by atoms with Crippen LogP contribution in [0, 0.1) is 5.92 Å². The monoisotopic (exact) mass is 490 g/mol. The van der Waals surface area contributed by atoms with Crippen LogP contribution in [-0.2, 0) is 9.53 Å². The van der Waals surface area contributed by atoms with Gasteiger partial charge in [-0.05, 0) is 31.5 Å². The summed E-state index contributed by atoms with van der Waals surface area (Å²) >= 11 is 6.45. The van der Waals surface area contributed by atoms with Gasteiger partial charge in [0, 0.05) is 25.4 Å². The number of nitrogens with one attached hydrogen (secondary N) is 1. The first kappa shape index (κ1) is 24.5. The molecule has 2 aliphatic heterocycles. The third-order valence-electron chi connectivity index (χ3n) is 5.99. The standard InChI is InChI=1S/C24H31ClN4O5/c1-15(30)11-33-24-21(25)22(27-14-28-24)29-8-7-20(10-29)34-19-5-3-18(4-6-19)16(2)23(31)26-9-17-12-32-13-17/h3-6,14-17,20,30H,7-13H2,1-2H3,(H,26,31). The van der Waals surface area contributed by atoms with Gasteiger partial charge < -0.3 is 29.5 Å². The molecule has 0 aliphatic carbocycles. The Hall–Kier alpha value is -2.62. The maximum Gasteiger partial charge on any atom is 0.238 e. The average Bonchev–Trinajstić information content (AvgIpc) is 3.25. The number of amides is 1. The minimum Gasteiger partial charge on any atom is -0.489 e. The highest BCUT2D eigenvalue weighted by Gasteiger charge is 2.28. The van der Waals surface area contributed by atoms with Crippen molar-refractivity contribution in [2.24, 2.45) is 5.92 Å². The lowest BCUT2D eigenvalue weighted by Crippen LogP contribution is -2.40. The van der Waals surface area contributed by atoms with Gasteiger partial charge in [-0.1, -0.05) is 23.7 Å². The SMILES string of the molecule is CC(O)COc1ncnc(N2CCC(Oc3ccc(C(C)C(=O)NCC4COC4)cc3)C2)c1Cl. The van der Waals surface area contributed by atoms with Gasteiger partial charge in [0.25, 0.3) is 0 Å². The van der Waals surface area contributed by atoms with Crippen LogP contribution >= 0.6 is 11.6 Å². The van der Waals surface area contributed by atoms with Gasteiger partial charge >= 0.3 is 0 Å². The van der Waals surface area contributed by atoms with Crippen LogP contribution in [0.1, 0.15) is 31.7 Å². The van der Waals surface area contributed by atoms with E-state index >= 15 is 0 Å². The van der Waals surface area contributed by atoms with Crippen LogP contribution in [0.25, 0.3) is 0 Å². The number of hydrogen-bond donors (Lipinski definition) is 2. The van der Waals surface area contributed by atoms with E-state index in [2.05, 4.69) is 15.3 Å². The first-order valence-corrected chi connectivity index (χ1v) is 12.0. The van der Waals surface area contributed by atoms with Crippen molar-refractivity contribution in [2.75, 3.05) is 44.4 Å². The Morgan fingerprint density at radius 1 is 1.29 bits per heavy atom. The highest BCUT2D eigenvalue weighted by molar-refractivity contribution is 6.34. The van der Waals surface area contributed by atoms with Crippen molar-refractivity contribution in [3.8, 4) is 11.6 Å². The Morgan fingerprint density at radius 3 is 2.74 bits per heavy atom. The molecule has 0 spiro atoms. The first-order chi connectivity index (χ1) is 16.4. The van der Waals surface area contributed by atoms with Gasteiger partial charge in [0.15, 0.2) is 5.82 Å². The van der Waals surface area contributed by atoms with Crippen LogP contribution in [-0.4, -0.2) is 72.6 Å². The minimum absolute atomic E-state index is 0.0190. The van der Waals surface area contributed by atoms with Crippen LogP contribution in [0.5, 0.6) is 11.6 Å². The van der Waals surface area contributed by atoms with Crippen LogP contribution in [0.3, 0.4) is 0 Å². The number of rotatable bonds is 10. The zero-order valence-corrected chi connectivity index (χ0v) is 20.2. The molecule has 10 heteroatoms. The third-order valence-corrected chi connectivity index (χ3v) is 6.32. The number of benzene rings is 1. The summed E-state index contributed by atoms with van der Waals surface area (Å²) in [5.74, 6) is 1.81. The summed E-state index contributed by atoms with van der Waals surface area (Å²) in [5.41, 5.74) is 0.945. The van der Waals surface area contributed by atoms with E-state index in [1.54, 1.807) is 6.92 Å². The van der Waals surface area contributed by atoms with E-state index in [4.69, 9.17) is 25.8 Å². The molecule has 2 N–H and O–H groups in total. The molecule has 0 bridgehead atoms.